The van der Waals surface area contributed by atoms with Crippen molar-refractivity contribution in [2.75, 3.05) is 31.2 Å². The van der Waals surface area contributed by atoms with Crippen LogP contribution >= 0.6 is 0 Å². The van der Waals surface area contributed by atoms with Crippen molar-refractivity contribution in [3.05, 3.63) is 0 Å². The molecule has 1 fully saturated rings. The summed E-state index contributed by atoms with van der Waals surface area (Å²) in [5, 5.41) is 8.86. The molecule has 84 valence electrons. The largest absolute Gasteiger partial charge is 0.395 e. The molecular weight excluding hydrogens is 202 g/mol. The predicted octanol–water partition coefficient (Wildman–Crippen LogP) is -0.122. The van der Waals surface area contributed by atoms with Gasteiger partial charge in [-0.2, -0.15) is 0 Å². The van der Waals surface area contributed by atoms with E-state index in [0.29, 0.717) is 12.3 Å². The predicted molar refractivity (Wildman–Crippen MR) is 56.0 cm³/mol. The topological polar surface area (TPSA) is 57.6 Å². The first-order chi connectivity index (χ1) is 6.59. The van der Waals surface area contributed by atoms with E-state index in [4.69, 9.17) is 5.11 Å². The average molecular weight is 221 g/mol. The van der Waals surface area contributed by atoms with Crippen LogP contribution in [0.15, 0.2) is 0 Å². The maximum absolute atomic E-state index is 11.3. The van der Waals surface area contributed by atoms with E-state index in [9.17, 15) is 8.42 Å². The summed E-state index contributed by atoms with van der Waals surface area (Å²) in [6.45, 7) is 3.64. The van der Waals surface area contributed by atoms with Gasteiger partial charge in [-0.25, -0.2) is 8.42 Å². The average Bonchev–Trinajstić information content (AvgIpc) is 2.46. The summed E-state index contributed by atoms with van der Waals surface area (Å²) < 4.78 is 22.5. The molecule has 1 aliphatic rings. The molecule has 5 heteroatoms. The van der Waals surface area contributed by atoms with Crippen LogP contribution in [0.4, 0.5) is 0 Å². The lowest BCUT2D eigenvalue weighted by atomic mass is 10.2. The number of hydrogen-bond acceptors (Lipinski definition) is 4. The van der Waals surface area contributed by atoms with Crippen molar-refractivity contribution in [3.63, 3.8) is 0 Å². The first-order valence-electron chi connectivity index (χ1n) is 5.14. The Hall–Kier alpha value is -0.130. The molecule has 0 aromatic carbocycles. The molecule has 1 heterocycles. The molecule has 0 radical (unpaired) electrons. The first-order valence-corrected chi connectivity index (χ1v) is 6.96. The highest BCUT2D eigenvalue weighted by molar-refractivity contribution is 7.91. The summed E-state index contributed by atoms with van der Waals surface area (Å²) in [4.78, 5) is 2.09. The highest BCUT2D eigenvalue weighted by Crippen LogP contribution is 2.17. The summed E-state index contributed by atoms with van der Waals surface area (Å²) >= 11 is 0. The fraction of sp³-hybridized carbons (Fsp3) is 1.00. The van der Waals surface area contributed by atoms with Crippen molar-refractivity contribution >= 4 is 9.84 Å². The van der Waals surface area contributed by atoms with Crippen LogP contribution in [0.2, 0.25) is 0 Å². The third-order valence-electron chi connectivity index (χ3n) is 2.62. The van der Waals surface area contributed by atoms with Crippen LogP contribution in [0.5, 0.6) is 0 Å². The van der Waals surface area contributed by atoms with Crippen LogP contribution in [0.1, 0.15) is 19.8 Å². The molecule has 1 rings (SSSR count). The molecule has 0 aromatic heterocycles. The van der Waals surface area contributed by atoms with Gasteiger partial charge in [-0.15, -0.1) is 0 Å². The third-order valence-corrected chi connectivity index (χ3v) is 4.37. The summed E-state index contributed by atoms with van der Waals surface area (Å²) in [5.74, 6) is 0.580. The molecule has 14 heavy (non-hydrogen) atoms. The number of sulfone groups is 1. The zero-order chi connectivity index (χ0) is 10.6. The summed E-state index contributed by atoms with van der Waals surface area (Å²) in [5.41, 5.74) is 0. The summed E-state index contributed by atoms with van der Waals surface area (Å²) in [6.07, 6.45) is 1.72. The van der Waals surface area contributed by atoms with Gasteiger partial charge in [0.25, 0.3) is 0 Å². The highest BCUT2D eigenvalue weighted by Gasteiger charge is 2.31. The fourth-order valence-electron chi connectivity index (χ4n) is 1.96. The molecule has 0 aliphatic carbocycles. The highest BCUT2D eigenvalue weighted by atomic mass is 32.2. The number of aliphatic hydroxyl groups is 1. The van der Waals surface area contributed by atoms with E-state index in [1.165, 1.54) is 0 Å². The SMILES string of the molecule is CCCN(CCO)C1CCS(=O)(=O)C1. The van der Waals surface area contributed by atoms with Gasteiger partial charge in [0.2, 0.25) is 0 Å². The second-order valence-electron chi connectivity index (χ2n) is 3.82. The van der Waals surface area contributed by atoms with Crippen LogP contribution in [0, 0.1) is 0 Å². The molecule has 0 aromatic rings. The molecule has 0 saturated carbocycles. The van der Waals surface area contributed by atoms with Crippen LogP contribution in [-0.2, 0) is 9.84 Å². The van der Waals surface area contributed by atoms with Gasteiger partial charge in [-0.1, -0.05) is 6.92 Å². The Labute approximate surface area is 85.8 Å². The summed E-state index contributed by atoms with van der Waals surface area (Å²) in [7, 11) is -2.80. The maximum Gasteiger partial charge on any atom is 0.151 e. The second-order valence-corrected chi connectivity index (χ2v) is 6.05. The Balaban J connectivity index is 2.52. The molecular formula is C9H19NO3S. The van der Waals surface area contributed by atoms with Crippen molar-refractivity contribution in [1.29, 1.82) is 0 Å². The zero-order valence-electron chi connectivity index (χ0n) is 8.65. The number of hydrogen-bond donors (Lipinski definition) is 1. The smallest absolute Gasteiger partial charge is 0.151 e. The first kappa shape index (κ1) is 11.9. The van der Waals surface area contributed by atoms with E-state index in [1.807, 2.05) is 0 Å². The van der Waals surface area contributed by atoms with Crippen LogP contribution in [0.3, 0.4) is 0 Å². The van der Waals surface area contributed by atoms with Crippen LogP contribution in [0.25, 0.3) is 0 Å². The summed E-state index contributed by atoms with van der Waals surface area (Å²) in [6, 6.07) is 0.132. The Morgan fingerprint density at radius 1 is 1.43 bits per heavy atom. The normalized spacial score (nSPS) is 25.8. The van der Waals surface area contributed by atoms with E-state index in [-0.39, 0.29) is 18.4 Å². The van der Waals surface area contributed by atoms with E-state index >= 15 is 0 Å². The standard InChI is InChI=1S/C9H19NO3S/c1-2-4-10(5-6-11)9-3-7-14(12,13)8-9/h9,11H,2-8H2,1H3. The number of nitrogens with zero attached hydrogens (tertiary/aromatic N) is 1. The number of aliphatic hydroxyl groups excluding tert-OH is 1. The molecule has 0 amide bonds. The lowest BCUT2D eigenvalue weighted by Crippen LogP contribution is -2.38. The van der Waals surface area contributed by atoms with Crippen molar-refractivity contribution in [2.45, 2.75) is 25.8 Å². The molecule has 4 nitrogen and oxygen atoms in total. The molecule has 1 N–H and O–H groups in total. The molecule has 0 bridgehead atoms. The molecule has 0 spiro atoms. The lowest BCUT2D eigenvalue weighted by molar-refractivity contribution is 0.160. The second kappa shape index (κ2) is 5.09. The van der Waals surface area contributed by atoms with Crippen LogP contribution < -0.4 is 0 Å². The molecule has 1 aliphatic heterocycles. The van der Waals surface area contributed by atoms with E-state index in [2.05, 4.69) is 11.8 Å². The van der Waals surface area contributed by atoms with E-state index in [0.717, 1.165) is 19.4 Å². The third kappa shape index (κ3) is 3.22. The molecule has 1 unspecified atom stereocenters. The lowest BCUT2D eigenvalue weighted by Gasteiger charge is -2.26. The zero-order valence-corrected chi connectivity index (χ0v) is 9.46. The van der Waals surface area contributed by atoms with Gasteiger partial charge in [-0.3, -0.25) is 4.90 Å². The van der Waals surface area contributed by atoms with E-state index in [1.54, 1.807) is 0 Å². The van der Waals surface area contributed by atoms with Crippen molar-refractivity contribution in [2.24, 2.45) is 0 Å². The van der Waals surface area contributed by atoms with Gasteiger partial charge in [-0.05, 0) is 19.4 Å². The van der Waals surface area contributed by atoms with Crippen LogP contribution in [-0.4, -0.2) is 55.7 Å². The maximum atomic E-state index is 11.3. The molecule has 1 atom stereocenters. The Morgan fingerprint density at radius 2 is 2.14 bits per heavy atom. The Morgan fingerprint density at radius 3 is 2.57 bits per heavy atom. The van der Waals surface area contributed by atoms with Gasteiger partial charge in [0.15, 0.2) is 9.84 Å². The van der Waals surface area contributed by atoms with Crippen molar-refractivity contribution < 1.29 is 13.5 Å². The minimum atomic E-state index is -2.80. The van der Waals surface area contributed by atoms with Gasteiger partial charge < -0.3 is 5.11 Å². The Bertz CT molecular complexity index is 257. The minimum absolute atomic E-state index is 0.108. The van der Waals surface area contributed by atoms with Gasteiger partial charge in [0.1, 0.15) is 0 Å². The van der Waals surface area contributed by atoms with Gasteiger partial charge in [0, 0.05) is 12.6 Å². The minimum Gasteiger partial charge on any atom is -0.395 e. The van der Waals surface area contributed by atoms with Crippen molar-refractivity contribution in [1.82, 2.24) is 4.90 Å². The van der Waals surface area contributed by atoms with Gasteiger partial charge in [0.05, 0.1) is 18.1 Å². The number of rotatable bonds is 5. The van der Waals surface area contributed by atoms with Gasteiger partial charge >= 0.3 is 0 Å². The Kier molecular flexibility index (Phi) is 4.34. The van der Waals surface area contributed by atoms with E-state index < -0.39 is 9.84 Å². The van der Waals surface area contributed by atoms with Crippen molar-refractivity contribution in [3.8, 4) is 0 Å². The molecule has 1 saturated heterocycles. The quantitative estimate of drug-likeness (QED) is 0.703. The fourth-order valence-corrected chi connectivity index (χ4v) is 3.72. The monoisotopic (exact) mass is 221 g/mol.